The van der Waals surface area contributed by atoms with Crippen LogP contribution >= 0.6 is 0 Å². The fourth-order valence-corrected chi connectivity index (χ4v) is 3.52. The first kappa shape index (κ1) is 20.0. The highest BCUT2D eigenvalue weighted by molar-refractivity contribution is 6.51. The van der Waals surface area contributed by atoms with E-state index in [0.717, 1.165) is 17.0 Å². The Morgan fingerprint density at radius 3 is 2.52 bits per heavy atom. The van der Waals surface area contributed by atoms with Crippen LogP contribution in [0.1, 0.15) is 23.1 Å². The number of anilines is 1. The molecule has 1 aromatic heterocycles. The molecule has 0 aliphatic carbocycles. The van der Waals surface area contributed by atoms with Crippen molar-refractivity contribution < 1.29 is 28.4 Å². The van der Waals surface area contributed by atoms with E-state index < -0.39 is 34.2 Å². The molecule has 1 aliphatic heterocycles. The van der Waals surface area contributed by atoms with Gasteiger partial charge >= 0.3 is 0 Å². The number of aliphatic hydroxyl groups is 1. The molecular formula is C22H15FN2O6. The molecule has 1 N–H and O–H groups in total. The number of amides is 1. The maximum absolute atomic E-state index is 13.8. The van der Waals surface area contributed by atoms with Crippen LogP contribution in [0.25, 0.3) is 5.76 Å². The summed E-state index contributed by atoms with van der Waals surface area (Å²) < 4.78 is 19.5. The number of hydrogen-bond donors (Lipinski definition) is 1. The van der Waals surface area contributed by atoms with Gasteiger partial charge in [-0.2, -0.15) is 0 Å². The highest BCUT2D eigenvalue weighted by Crippen LogP contribution is 2.42. The predicted octanol–water partition coefficient (Wildman–Crippen LogP) is 4.26. The van der Waals surface area contributed by atoms with Crippen LogP contribution < -0.4 is 4.90 Å². The quantitative estimate of drug-likeness (QED) is 0.221. The lowest BCUT2D eigenvalue weighted by atomic mass is 9.99. The van der Waals surface area contributed by atoms with Crippen molar-refractivity contribution in [2.45, 2.75) is 13.0 Å². The Hall–Kier alpha value is -4.27. The van der Waals surface area contributed by atoms with Crippen molar-refractivity contribution in [3.8, 4) is 0 Å². The average Bonchev–Trinajstić information content (AvgIpc) is 3.28. The lowest BCUT2D eigenvalue weighted by molar-refractivity contribution is -0.384. The van der Waals surface area contributed by atoms with Crippen LogP contribution in [-0.4, -0.2) is 21.7 Å². The Morgan fingerprint density at radius 1 is 1.13 bits per heavy atom. The van der Waals surface area contributed by atoms with Crippen molar-refractivity contribution in [1.29, 1.82) is 0 Å². The molecule has 2 heterocycles. The van der Waals surface area contributed by atoms with Crippen LogP contribution in [0.2, 0.25) is 0 Å². The van der Waals surface area contributed by atoms with Crippen molar-refractivity contribution in [2.24, 2.45) is 0 Å². The van der Waals surface area contributed by atoms with E-state index in [1.54, 1.807) is 19.1 Å². The third-order valence-electron chi connectivity index (χ3n) is 4.89. The minimum Gasteiger partial charge on any atom is -0.507 e. The second-order valence-corrected chi connectivity index (χ2v) is 6.90. The van der Waals surface area contributed by atoms with E-state index in [4.69, 9.17) is 4.42 Å². The summed E-state index contributed by atoms with van der Waals surface area (Å²) in [5.74, 6) is -2.56. The van der Waals surface area contributed by atoms with E-state index in [-0.39, 0.29) is 28.3 Å². The number of halogens is 1. The number of non-ortho nitro benzene ring substituents is 1. The van der Waals surface area contributed by atoms with Gasteiger partial charge in [-0.05, 0) is 37.3 Å². The Balaban J connectivity index is 1.94. The van der Waals surface area contributed by atoms with Crippen LogP contribution in [0.4, 0.5) is 15.8 Å². The zero-order valence-electron chi connectivity index (χ0n) is 16.1. The van der Waals surface area contributed by atoms with Gasteiger partial charge in [-0.1, -0.05) is 18.2 Å². The van der Waals surface area contributed by atoms with Gasteiger partial charge in [0.25, 0.3) is 17.4 Å². The monoisotopic (exact) mass is 422 g/mol. The molecule has 4 rings (SSSR count). The Morgan fingerprint density at radius 2 is 1.87 bits per heavy atom. The first-order chi connectivity index (χ1) is 14.8. The molecule has 3 aromatic rings. The van der Waals surface area contributed by atoms with E-state index in [9.17, 15) is 29.2 Å². The minimum atomic E-state index is -1.19. The van der Waals surface area contributed by atoms with Gasteiger partial charge in [0.2, 0.25) is 0 Å². The van der Waals surface area contributed by atoms with Gasteiger partial charge in [-0.15, -0.1) is 0 Å². The molecule has 0 spiro atoms. The number of benzene rings is 2. The second kappa shape index (κ2) is 7.52. The number of rotatable bonds is 4. The van der Waals surface area contributed by atoms with Crippen LogP contribution in [0, 0.1) is 22.9 Å². The molecule has 0 radical (unpaired) electrons. The zero-order valence-corrected chi connectivity index (χ0v) is 16.1. The number of furan rings is 1. The van der Waals surface area contributed by atoms with E-state index in [1.807, 2.05) is 0 Å². The van der Waals surface area contributed by atoms with E-state index in [0.29, 0.717) is 5.76 Å². The molecule has 1 atom stereocenters. The number of carbonyl (C=O) groups excluding carboxylic acids is 2. The number of carbonyl (C=O) groups is 2. The van der Waals surface area contributed by atoms with Gasteiger partial charge < -0.3 is 9.52 Å². The second-order valence-electron chi connectivity index (χ2n) is 6.90. The van der Waals surface area contributed by atoms with Crippen molar-refractivity contribution in [3.63, 3.8) is 0 Å². The highest BCUT2D eigenvalue weighted by Gasteiger charge is 2.48. The summed E-state index contributed by atoms with van der Waals surface area (Å²) in [6.45, 7) is 1.67. The summed E-state index contributed by atoms with van der Waals surface area (Å²) >= 11 is 0. The number of nitro groups is 1. The van der Waals surface area contributed by atoms with Crippen LogP contribution in [-0.2, 0) is 9.59 Å². The molecule has 31 heavy (non-hydrogen) atoms. The van der Waals surface area contributed by atoms with Crippen LogP contribution in [0.15, 0.2) is 70.7 Å². The van der Waals surface area contributed by atoms with Crippen LogP contribution in [0.5, 0.6) is 0 Å². The molecule has 1 aliphatic rings. The summed E-state index contributed by atoms with van der Waals surface area (Å²) in [6.07, 6.45) is 0. The average molecular weight is 422 g/mol. The van der Waals surface area contributed by atoms with E-state index in [1.165, 1.54) is 36.4 Å². The van der Waals surface area contributed by atoms with Gasteiger partial charge in [-0.3, -0.25) is 24.6 Å². The molecule has 9 heteroatoms. The molecule has 1 fully saturated rings. The van der Waals surface area contributed by atoms with Gasteiger partial charge in [-0.25, -0.2) is 4.39 Å². The van der Waals surface area contributed by atoms with Gasteiger partial charge in [0.05, 0.1) is 10.5 Å². The molecule has 8 nitrogen and oxygen atoms in total. The Labute approximate surface area is 175 Å². The third-order valence-corrected chi connectivity index (χ3v) is 4.89. The number of hydrogen-bond acceptors (Lipinski definition) is 6. The number of nitrogens with zero attached hydrogens (tertiary/aromatic N) is 2. The fraction of sp³-hybridized carbons (Fsp3) is 0.0909. The summed E-state index contributed by atoms with van der Waals surface area (Å²) in [6, 6.07) is 12.1. The number of Topliss-reactive ketones (excluding diaryl/α,β-unsaturated/α-hetero) is 1. The highest BCUT2D eigenvalue weighted by atomic mass is 19.1. The minimum absolute atomic E-state index is 0.0141. The molecule has 1 saturated heterocycles. The predicted molar refractivity (Wildman–Crippen MR) is 108 cm³/mol. The van der Waals surface area contributed by atoms with E-state index >= 15 is 0 Å². The van der Waals surface area contributed by atoms with Gasteiger partial charge in [0.1, 0.15) is 29.1 Å². The maximum atomic E-state index is 13.8. The summed E-state index contributed by atoms with van der Waals surface area (Å²) in [4.78, 5) is 37.3. The number of nitro benzene ring substituents is 1. The summed E-state index contributed by atoms with van der Waals surface area (Å²) in [5.41, 5.74) is -0.531. The summed E-state index contributed by atoms with van der Waals surface area (Å²) in [7, 11) is 0. The number of aliphatic hydroxyl groups excluding tert-OH is 1. The normalized spacial score (nSPS) is 17.9. The van der Waals surface area contributed by atoms with E-state index in [2.05, 4.69) is 0 Å². The third kappa shape index (κ3) is 3.46. The topological polar surface area (TPSA) is 114 Å². The summed E-state index contributed by atoms with van der Waals surface area (Å²) in [5, 5.41) is 22.0. The molecule has 1 amide bonds. The van der Waals surface area contributed by atoms with Crippen molar-refractivity contribution in [2.75, 3.05) is 4.90 Å². The Bertz CT molecular complexity index is 1260. The first-order valence-electron chi connectivity index (χ1n) is 9.15. The smallest absolute Gasteiger partial charge is 0.300 e. The molecule has 156 valence electrons. The lowest BCUT2D eigenvalue weighted by Crippen LogP contribution is -2.29. The van der Waals surface area contributed by atoms with Crippen LogP contribution in [0.3, 0.4) is 0 Å². The molecular weight excluding hydrogens is 407 g/mol. The zero-order chi connectivity index (χ0) is 22.3. The maximum Gasteiger partial charge on any atom is 0.300 e. The lowest BCUT2D eigenvalue weighted by Gasteiger charge is -2.23. The number of ketones is 1. The Kier molecular flexibility index (Phi) is 4.86. The molecule has 1 unspecified atom stereocenters. The van der Waals surface area contributed by atoms with Crippen molar-refractivity contribution in [3.05, 3.63) is 99.3 Å². The van der Waals surface area contributed by atoms with Gasteiger partial charge in [0, 0.05) is 23.4 Å². The first-order valence-corrected chi connectivity index (χ1v) is 9.15. The molecule has 0 bridgehead atoms. The van der Waals surface area contributed by atoms with Crippen molar-refractivity contribution >= 4 is 28.8 Å². The standard InChI is InChI=1S/C22H15FN2O6/c1-12-8-9-17(31-12)19-18(20(26)13-4-2-7-16(10-13)25(29)30)21(27)22(28)24(19)15-6-3-5-14(23)11-15/h2-11,19,26H,1H3/b20-18-. The van der Waals surface area contributed by atoms with Gasteiger partial charge in [0.15, 0.2) is 0 Å². The molecule has 2 aromatic carbocycles. The SMILES string of the molecule is Cc1ccc(C2/C(=C(/O)c3cccc([N+](=O)[O-])c3)C(=O)C(=O)N2c2cccc(F)c2)o1. The molecule has 0 saturated carbocycles. The number of aryl methyl sites for hydroxylation is 1. The fourth-order valence-electron chi connectivity index (χ4n) is 3.52. The largest absolute Gasteiger partial charge is 0.507 e. The van der Waals surface area contributed by atoms with Crippen molar-refractivity contribution in [1.82, 2.24) is 0 Å².